The Bertz CT molecular complexity index is 1680. The SMILES string of the molecule is [CH3][Hf]([CH3])([CH3])([CH3])(=[SiH2])([CH]1C=Cc2c(-c3ccc(Cl)cc3)cccc21)[CH]1C=Cc2c(-c3ccc(Cl)cc3)cccc21. The molecule has 0 radical (unpaired) electrons. The van der Waals surface area contributed by atoms with Gasteiger partial charge in [-0.2, -0.15) is 0 Å². The predicted octanol–water partition coefficient (Wildman–Crippen LogP) is 10.7. The van der Waals surface area contributed by atoms with Crippen LogP contribution in [0.2, 0.25) is 28.8 Å². The normalized spacial score (nSPS) is 20.7. The van der Waals surface area contributed by atoms with Crippen LogP contribution in [0.15, 0.2) is 97.1 Å². The van der Waals surface area contributed by atoms with Crippen molar-refractivity contribution in [2.75, 3.05) is 0 Å². The molecule has 6 rings (SSSR count). The van der Waals surface area contributed by atoms with Crippen LogP contribution in [0.3, 0.4) is 0 Å². The van der Waals surface area contributed by atoms with E-state index in [9.17, 15) is 0 Å². The van der Waals surface area contributed by atoms with Gasteiger partial charge in [0.05, 0.1) is 0 Å². The number of hydrogen-bond acceptors (Lipinski definition) is 0. The van der Waals surface area contributed by atoms with E-state index in [4.69, 9.17) is 23.2 Å². The molecule has 0 aliphatic heterocycles. The van der Waals surface area contributed by atoms with E-state index >= 15 is 0 Å². The first-order valence-electron chi connectivity index (χ1n) is 13.4. The second-order valence-corrected chi connectivity index (χ2v) is 103. The molecule has 0 saturated heterocycles. The van der Waals surface area contributed by atoms with Crippen LogP contribution in [-0.4, -0.2) is 6.94 Å². The van der Waals surface area contributed by atoms with Crippen LogP contribution in [0.1, 0.15) is 29.6 Å². The molecule has 0 bridgehead atoms. The van der Waals surface area contributed by atoms with Crippen molar-refractivity contribution >= 4 is 42.3 Å². The summed E-state index contributed by atoms with van der Waals surface area (Å²) < 4.78 is 11.5. The summed E-state index contributed by atoms with van der Waals surface area (Å²) in [5.74, 6) is 0. The third-order valence-corrected chi connectivity index (χ3v) is 44.4. The van der Waals surface area contributed by atoms with Crippen LogP contribution >= 0.6 is 23.2 Å². The van der Waals surface area contributed by atoms with E-state index in [1.165, 1.54) is 44.5 Å². The Balaban J connectivity index is 1.51. The predicted molar refractivity (Wildman–Crippen MR) is 169 cm³/mol. The molecule has 0 spiro atoms. The molecule has 0 nitrogen and oxygen atoms in total. The molecule has 4 aromatic carbocycles. The van der Waals surface area contributed by atoms with Crippen molar-refractivity contribution in [1.82, 2.24) is 0 Å². The fraction of sp³-hybridized carbons (Fsp3) is 0.176. The summed E-state index contributed by atoms with van der Waals surface area (Å²) >= 11 is 7.68. The topological polar surface area (TPSA) is 0 Å². The molecule has 0 heterocycles. The molecule has 4 aromatic rings. The van der Waals surface area contributed by atoms with Gasteiger partial charge in [-0.05, 0) is 0 Å². The van der Waals surface area contributed by atoms with Gasteiger partial charge in [-0.3, -0.25) is 0 Å². The molecule has 0 saturated carbocycles. The van der Waals surface area contributed by atoms with E-state index < -0.39 is 14.2 Å². The van der Waals surface area contributed by atoms with Gasteiger partial charge in [0.1, 0.15) is 0 Å². The zero-order valence-corrected chi connectivity index (χ0v) is 29.0. The number of fused-ring (bicyclic) bond motifs is 2. The molecule has 2 unspecified atom stereocenters. The number of halogens is 2. The third kappa shape index (κ3) is 4.03. The minimum atomic E-state index is -4.74. The quantitative estimate of drug-likeness (QED) is 0.184. The van der Waals surface area contributed by atoms with Crippen LogP contribution < -0.4 is 0 Å². The average molecular weight is 720 g/mol. The van der Waals surface area contributed by atoms with Gasteiger partial charge >= 0.3 is 234 Å². The van der Waals surface area contributed by atoms with E-state index in [-0.39, 0.29) is 0 Å². The molecule has 2 aliphatic rings. The van der Waals surface area contributed by atoms with Crippen LogP contribution in [0.5, 0.6) is 0 Å². The number of benzene rings is 4. The van der Waals surface area contributed by atoms with Crippen molar-refractivity contribution in [3.05, 3.63) is 129 Å². The van der Waals surface area contributed by atoms with Crippen molar-refractivity contribution in [3.8, 4) is 22.3 Å². The summed E-state index contributed by atoms with van der Waals surface area (Å²) in [6.07, 6.45) is 9.82. The molecule has 2 aliphatic carbocycles. The van der Waals surface area contributed by atoms with Crippen LogP contribution in [0, 0.1) is 0 Å². The Morgan fingerprint density at radius 2 is 0.921 bits per heavy atom. The van der Waals surface area contributed by atoms with E-state index in [1.807, 2.05) is 24.3 Å². The van der Waals surface area contributed by atoms with Crippen LogP contribution in [0.25, 0.3) is 34.4 Å². The second kappa shape index (κ2) is 7.60. The molecule has 2 atom stereocenters. The zero-order valence-electron chi connectivity index (χ0n) is 22.5. The van der Waals surface area contributed by atoms with Crippen molar-refractivity contribution in [3.63, 3.8) is 0 Å². The van der Waals surface area contributed by atoms with Gasteiger partial charge < -0.3 is 0 Å². The van der Waals surface area contributed by atoms with Crippen molar-refractivity contribution in [2.45, 2.75) is 26.1 Å². The van der Waals surface area contributed by atoms with Crippen molar-refractivity contribution in [1.29, 1.82) is 0 Å². The Morgan fingerprint density at radius 1 is 0.553 bits per heavy atom. The van der Waals surface area contributed by atoms with E-state index in [0.29, 0.717) is 7.35 Å². The first kappa shape index (κ1) is 26.3. The Morgan fingerprint density at radius 3 is 1.29 bits per heavy atom. The molecule has 0 aromatic heterocycles. The van der Waals surface area contributed by atoms with Gasteiger partial charge in [0.2, 0.25) is 0 Å². The van der Waals surface area contributed by atoms with E-state index in [1.54, 1.807) is 0 Å². The Kier molecular flexibility index (Phi) is 5.26. The molecule has 0 N–H and O–H groups in total. The average Bonchev–Trinajstić information content (AvgIpc) is 3.51. The minimum absolute atomic E-state index is 0.375. The maximum atomic E-state index is 6.21. The monoisotopic (exact) mass is 720 g/mol. The molecule has 4 heteroatoms. The first-order valence-corrected chi connectivity index (χ1v) is 41.0. The van der Waals surface area contributed by atoms with Crippen molar-refractivity contribution in [2.24, 2.45) is 0 Å². The third-order valence-electron chi connectivity index (χ3n) is 9.46. The van der Waals surface area contributed by atoms with Gasteiger partial charge in [-0.25, -0.2) is 0 Å². The van der Waals surface area contributed by atoms with Gasteiger partial charge in [-0.15, -0.1) is 0 Å². The summed E-state index contributed by atoms with van der Waals surface area (Å²) in [7, 11) is 0. The summed E-state index contributed by atoms with van der Waals surface area (Å²) in [4.78, 5) is 0. The summed E-state index contributed by atoms with van der Waals surface area (Å²) in [6, 6.07) is 30.2. The molecule has 38 heavy (non-hydrogen) atoms. The first-order chi connectivity index (χ1) is 17.7. The van der Waals surface area contributed by atoms with Crippen molar-refractivity contribution < 1.29 is 14.2 Å². The summed E-state index contributed by atoms with van der Waals surface area (Å²) in [6.45, 7) is 2.36. The Labute approximate surface area is 232 Å². The van der Waals surface area contributed by atoms with Crippen LogP contribution in [0.4, 0.5) is 0 Å². The number of rotatable bonds is 4. The molecule has 0 fully saturated rings. The van der Waals surface area contributed by atoms with E-state index in [0.717, 1.165) is 10.0 Å². The Hall–Kier alpha value is -1.97. The number of allylic oxidation sites excluding steroid dienone is 2. The van der Waals surface area contributed by atoms with E-state index in [2.05, 4.69) is 111 Å². The fourth-order valence-electron chi connectivity index (χ4n) is 7.29. The van der Waals surface area contributed by atoms with Gasteiger partial charge in [0.15, 0.2) is 0 Å². The molecule has 192 valence electrons. The zero-order chi connectivity index (χ0) is 27.0. The summed E-state index contributed by atoms with van der Waals surface area (Å²) in [5.41, 5.74) is 10.6. The van der Waals surface area contributed by atoms with Gasteiger partial charge in [0.25, 0.3) is 0 Å². The number of hydrogen-bond donors (Lipinski definition) is 0. The molecular formula is C34H34Cl2HfSi. The maximum absolute atomic E-state index is 6.21. The van der Waals surface area contributed by atoms with Gasteiger partial charge in [0, 0.05) is 0 Å². The van der Waals surface area contributed by atoms with Crippen LogP contribution in [-0.2, 0) is 14.2 Å². The molecular weight excluding hydrogens is 686 g/mol. The fourth-order valence-corrected chi connectivity index (χ4v) is 36.4. The summed E-state index contributed by atoms with van der Waals surface area (Å²) in [5, 5.41) is 1.54. The van der Waals surface area contributed by atoms with Gasteiger partial charge in [-0.1, -0.05) is 0 Å². The second-order valence-electron chi connectivity index (χ2n) is 15.6. The molecule has 0 amide bonds. The standard InChI is InChI=1S/2C15H10Cl.4CH3.Hf.H2Si/c2*16-13-9-7-12(8-10-13)15-6-2-4-11-3-1-5-14(11)15;;;;;;/h2*1-10H;4*1H3;;1H2.